The van der Waals surface area contributed by atoms with E-state index >= 15 is 0 Å². The Hall–Kier alpha value is -3.29. The molecule has 2 fully saturated rings. The average Bonchev–Trinajstić information content (AvgIpc) is 3.58. The molecule has 36 heavy (non-hydrogen) atoms. The number of aromatic amines is 1. The molecule has 0 spiro atoms. The van der Waals surface area contributed by atoms with Crippen molar-refractivity contribution >= 4 is 39.7 Å². The highest BCUT2D eigenvalue weighted by atomic mass is 32.2. The van der Waals surface area contributed by atoms with Crippen molar-refractivity contribution in [1.29, 1.82) is 0 Å². The molecule has 0 radical (unpaired) electrons. The Bertz CT molecular complexity index is 1520. The first kappa shape index (κ1) is 21.9. The molecule has 2 aromatic carbocycles. The fraction of sp³-hybridized carbons (Fsp3) is 0.310. The van der Waals surface area contributed by atoms with E-state index in [1.54, 1.807) is 0 Å². The van der Waals surface area contributed by atoms with Gasteiger partial charge < -0.3 is 19.2 Å². The van der Waals surface area contributed by atoms with Gasteiger partial charge in [-0.2, -0.15) is 0 Å². The van der Waals surface area contributed by atoms with Gasteiger partial charge in [0, 0.05) is 59.5 Å². The number of anilines is 1. The van der Waals surface area contributed by atoms with Crippen LogP contribution >= 0.6 is 11.9 Å². The highest BCUT2D eigenvalue weighted by Crippen LogP contribution is 2.35. The molecule has 6 nitrogen and oxygen atoms in total. The summed E-state index contributed by atoms with van der Waals surface area (Å²) in [6, 6.07) is 18.2. The van der Waals surface area contributed by atoms with E-state index in [9.17, 15) is 0 Å². The second-order valence-electron chi connectivity index (χ2n) is 9.87. The SMILES string of the molecule is c1cc(-c2cnc3[nH]cc(-c4ccc5ncn(C6CCCNC6)c5c4)c3c2)cc(N2CCCCS2)c1. The summed E-state index contributed by atoms with van der Waals surface area (Å²) in [5.74, 6) is 1.20. The van der Waals surface area contributed by atoms with E-state index < -0.39 is 0 Å². The van der Waals surface area contributed by atoms with Gasteiger partial charge in [-0.3, -0.25) is 0 Å². The van der Waals surface area contributed by atoms with Crippen molar-refractivity contribution in [1.82, 2.24) is 24.8 Å². The normalized spacial score (nSPS) is 18.8. The Morgan fingerprint density at radius 1 is 0.944 bits per heavy atom. The lowest BCUT2D eigenvalue weighted by Crippen LogP contribution is -2.31. The van der Waals surface area contributed by atoms with Crippen LogP contribution in [0.5, 0.6) is 0 Å². The molecule has 2 aliphatic rings. The minimum Gasteiger partial charge on any atom is -0.346 e. The van der Waals surface area contributed by atoms with Crippen LogP contribution in [0.15, 0.2) is 67.3 Å². The maximum Gasteiger partial charge on any atom is 0.137 e. The number of nitrogens with zero attached hydrogens (tertiary/aromatic N) is 4. The van der Waals surface area contributed by atoms with E-state index in [4.69, 9.17) is 4.98 Å². The molecule has 182 valence electrons. The van der Waals surface area contributed by atoms with Crippen molar-refractivity contribution in [3.05, 3.63) is 67.3 Å². The molecule has 0 amide bonds. The molecule has 7 heteroatoms. The van der Waals surface area contributed by atoms with Gasteiger partial charge in [0.2, 0.25) is 0 Å². The topological polar surface area (TPSA) is 61.8 Å². The van der Waals surface area contributed by atoms with Crippen LogP contribution < -0.4 is 9.62 Å². The maximum atomic E-state index is 4.79. The highest BCUT2D eigenvalue weighted by molar-refractivity contribution is 8.00. The van der Waals surface area contributed by atoms with Gasteiger partial charge in [0.05, 0.1) is 17.4 Å². The van der Waals surface area contributed by atoms with Crippen LogP contribution in [0.25, 0.3) is 44.3 Å². The summed E-state index contributed by atoms with van der Waals surface area (Å²) in [7, 11) is 0. The van der Waals surface area contributed by atoms with Gasteiger partial charge in [0.1, 0.15) is 5.65 Å². The van der Waals surface area contributed by atoms with Gasteiger partial charge in [-0.1, -0.05) is 18.2 Å². The summed E-state index contributed by atoms with van der Waals surface area (Å²) in [5.41, 5.74) is 9.17. The number of hydrogen-bond acceptors (Lipinski definition) is 5. The van der Waals surface area contributed by atoms with E-state index in [1.807, 2.05) is 24.5 Å². The molecule has 5 heterocycles. The number of pyridine rings is 1. The van der Waals surface area contributed by atoms with Crippen LogP contribution in [0.2, 0.25) is 0 Å². The van der Waals surface area contributed by atoms with Crippen molar-refractivity contribution in [2.75, 3.05) is 29.7 Å². The van der Waals surface area contributed by atoms with Crippen molar-refractivity contribution in [3.63, 3.8) is 0 Å². The molecule has 0 saturated carbocycles. The van der Waals surface area contributed by atoms with E-state index in [0.29, 0.717) is 6.04 Å². The lowest BCUT2D eigenvalue weighted by Gasteiger charge is -2.27. The summed E-state index contributed by atoms with van der Waals surface area (Å²) < 4.78 is 4.79. The summed E-state index contributed by atoms with van der Waals surface area (Å²) in [4.78, 5) is 12.9. The van der Waals surface area contributed by atoms with Gasteiger partial charge in [-0.15, -0.1) is 0 Å². The number of piperidine rings is 1. The largest absolute Gasteiger partial charge is 0.346 e. The van der Waals surface area contributed by atoms with E-state index in [1.165, 1.54) is 59.3 Å². The molecule has 3 aromatic heterocycles. The summed E-state index contributed by atoms with van der Waals surface area (Å²) in [5, 5.41) is 4.68. The molecule has 2 aliphatic heterocycles. The van der Waals surface area contributed by atoms with Crippen LogP contribution in [-0.2, 0) is 0 Å². The molecular weight excluding hydrogens is 464 g/mol. The minimum absolute atomic E-state index is 0.459. The van der Waals surface area contributed by atoms with Crippen molar-refractivity contribution in [3.8, 4) is 22.3 Å². The Labute approximate surface area is 215 Å². The number of benzene rings is 2. The number of rotatable bonds is 4. The Kier molecular flexibility index (Phi) is 5.67. The summed E-state index contributed by atoms with van der Waals surface area (Å²) >= 11 is 1.94. The minimum atomic E-state index is 0.459. The first-order valence-electron chi connectivity index (χ1n) is 13.0. The fourth-order valence-electron chi connectivity index (χ4n) is 5.60. The molecule has 0 bridgehead atoms. The van der Waals surface area contributed by atoms with Crippen LogP contribution in [-0.4, -0.2) is 44.9 Å². The van der Waals surface area contributed by atoms with Crippen molar-refractivity contribution in [2.45, 2.75) is 31.7 Å². The Balaban J connectivity index is 1.27. The number of hydrogen-bond donors (Lipinski definition) is 2. The standard InChI is InChI=1S/C29H30N6S/c1-2-12-36-35(11-1)23-6-3-5-20(13-23)22-14-25-26(18-32-29(25)31-16-22)21-8-9-27-28(15-21)34(19-33-27)24-7-4-10-30-17-24/h3,5-6,8-9,13-16,18-19,24,30H,1-2,4,7,10-12,17H2,(H,31,32). The maximum absolute atomic E-state index is 4.79. The molecule has 2 N–H and O–H groups in total. The van der Waals surface area contributed by atoms with Gasteiger partial charge in [-0.25, -0.2) is 9.97 Å². The van der Waals surface area contributed by atoms with Crippen molar-refractivity contribution in [2.24, 2.45) is 0 Å². The molecule has 5 aromatic rings. The predicted octanol–water partition coefficient (Wildman–Crippen LogP) is 6.42. The number of aromatic nitrogens is 4. The first-order chi connectivity index (χ1) is 17.8. The van der Waals surface area contributed by atoms with E-state index in [0.717, 1.165) is 41.7 Å². The second kappa shape index (κ2) is 9.30. The zero-order valence-electron chi connectivity index (χ0n) is 20.3. The third-order valence-corrected chi connectivity index (χ3v) is 8.73. The fourth-order valence-corrected chi connectivity index (χ4v) is 6.67. The lowest BCUT2D eigenvalue weighted by atomic mass is 10.0. The molecule has 0 aliphatic carbocycles. The zero-order valence-corrected chi connectivity index (χ0v) is 21.1. The smallest absolute Gasteiger partial charge is 0.137 e. The zero-order chi connectivity index (χ0) is 23.9. The first-order valence-corrected chi connectivity index (χ1v) is 13.9. The third-order valence-electron chi connectivity index (χ3n) is 7.55. The quantitative estimate of drug-likeness (QED) is 0.282. The summed E-state index contributed by atoms with van der Waals surface area (Å²) in [6.45, 7) is 3.23. The Morgan fingerprint density at radius 3 is 2.83 bits per heavy atom. The molecule has 1 unspecified atom stereocenters. The van der Waals surface area contributed by atoms with Gasteiger partial charge in [-0.05, 0) is 85.6 Å². The number of H-pyrrole nitrogens is 1. The number of fused-ring (bicyclic) bond motifs is 2. The van der Waals surface area contributed by atoms with Crippen molar-refractivity contribution < 1.29 is 0 Å². The van der Waals surface area contributed by atoms with E-state index in [-0.39, 0.29) is 0 Å². The number of nitrogens with one attached hydrogen (secondary N) is 2. The second-order valence-corrected chi connectivity index (χ2v) is 11.0. The van der Waals surface area contributed by atoms with Gasteiger partial charge in [0.15, 0.2) is 0 Å². The van der Waals surface area contributed by atoms with Crippen LogP contribution in [0.1, 0.15) is 31.7 Å². The predicted molar refractivity (Wildman–Crippen MR) is 150 cm³/mol. The number of imidazole rings is 1. The average molecular weight is 495 g/mol. The monoisotopic (exact) mass is 494 g/mol. The summed E-state index contributed by atoms with van der Waals surface area (Å²) in [6.07, 6.45) is 11.1. The van der Waals surface area contributed by atoms with Crippen LogP contribution in [0.4, 0.5) is 5.69 Å². The molecule has 7 rings (SSSR count). The lowest BCUT2D eigenvalue weighted by molar-refractivity contribution is 0.378. The molecular formula is C29H30N6S. The van der Waals surface area contributed by atoms with Gasteiger partial charge >= 0.3 is 0 Å². The van der Waals surface area contributed by atoms with Crippen LogP contribution in [0.3, 0.4) is 0 Å². The van der Waals surface area contributed by atoms with E-state index in [2.05, 4.69) is 78.9 Å². The Morgan fingerprint density at radius 2 is 1.94 bits per heavy atom. The van der Waals surface area contributed by atoms with Gasteiger partial charge in [0.25, 0.3) is 0 Å². The van der Waals surface area contributed by atoms with Crippen LogP contribution in [0, 0.1) is 0 Å². The molecule has 2 saturated heterocycles. The molecule has 1 atom stereocenters. The third kappa shape index (κ3) is 3.96. The highest BCUT2D eigenvalue weighted by Gasteiger charge is 2.18.